The van der Waals surface area contributed by atoms with E-state index in [1.54, 1.807) is 13.8 Å². The van der Waals surface area contributed by atoms with E-state index < -0.39 is 5.41 Å². The van der Waals surface area contributed by atoms with Crippen LogP contribution in [0.5, 0.6) is 0 Å². The van der Waals surface area contributed by atoms with Crippen molar-refractivity contribution in [1.29, 1.82) is 0 Å². The molecule has 0 bridgehead atoms. The zero-order chi connectivity index (χ0) is 10.9. The molecular formula is C8H18O4S. The minimum atomic E-state index is -0.708. The van der Waals surface area contributed by atoms with E-state index >= 15 is 0 Å². The van der Waals surface area contributed by atoms with Crippen molar-refractivity contribution in [3.8, 4) is 0 Å². The Kier molecular flexibility index (Phi) is 10.0. The molecular weight excluding hydrogens is 192 g/mol. The smallest absolute Gasteiger partial charge is 0.185 e. The van der Waals surface area contributed by atoms with Crippen LogP contribution in [-0.2, 0) is 4.79 Å². The molecule has 0 aromatic heterocycles. The number of hydrogen-bond donors (Lipinski definition) is 4. The standard InChI is InChI=1S/C5H12O3.C3H6OS/c1-5(2-6,3-7)4-8;1-2-3(4)5/h6-8H,2-4H2,1H3;2H2,1H3,(H,4,5). The molecule has 0 heterocycles. The van der Waals surface area contributed by atoms with Gasteiger partial charge in [0.25, 0.3) is 0 Å². The molecule has 80 valence electrons. The van der Waals surface area contributed by atoms with Crippen LogP contribution in [-0.4, -0.2) is 40.3 Å². The molecule has 5 heteroatoms. The van der Waals surface area contributed by atoms with Gasteiger partial charge in [-0.1, -0.05) is 13.8 Å². The van der Waals surface area contributed by atoms with Gasteiger partial charge in [0.1, 0.15) is 0 Å². The molecule has 13 heavy (non-hydrogen) atoms. The highest BCUT2D eigenvalue weighted by atomic mass is 32.1. The van der Waals surface area contributed by atoms with Gasteiger partial charge in [0.2, 0.25) is 0 Å². The summed E-state index contributed by atoms with van der Waals surface area (Å²) in [6, 6.07) is 0. The maximum absolute atomic E-state index is 9.68. The number of thiol groups is 1. The predicted octanol–water partition coefficient (Wildman–Crippen LogP) is -0.178. The van der Waals surface area contributed by atoms with Gasteiger partial charge in [0.15, 0.2) is 5.12 Å². The van der Waals surface area contributed by atoms with Crippen LogP contribution in [0, 0.1) is 5.41 Å². The van der Waals surface area contributed by atoms with Crippen molar-refractivity contribution < 1.29 is 20.1 Å². The zero-order valence-corrected chi connectivity index (χ0v) is 8.92. The van der Waals surface area contributed by atoms with Gasteiger partial charge in [-0.3, -0.25) is 4.79 Å². The number of rotatable bonds is 4. The summed E-state index contributed by atoms with van der Waals surface area (Å²) in [5, 5.41) is 25.3. The summed E-state index contributed by atoms with van der Waals surface area (Å²) < 4.78 is 0. The summed E-state index contributed by atoms with van der Waals surface area (Å²) in [5.41, 5.74) is -0.708. The second kappa shape index (κ2) is 8.50. The van der Waals surface area contributed by atoms with Crippen LogP contribution >= 0.6 is 12.6 Å². The summed E-state index contributed by atoms with van der Waals surface area (Å²) in [6.07, 6.45) is 0.531. The third-order valence-electron chi connectivity index (χ3n) is 1.45. The van der Waals surface area contributed by atoms with Crippen LogP contribution < -0.4 is 0 Å². The fourth-order valence-electron chi connectivity index (χ4n) is 0.150. The predicted molar refractivity (Wildman–Crippen MR) is 53.6 cm³/mol. The van der Waals surface area contributed by atoms with Gasteiger partial charge in [0.05, 0.1) is 19.8 Å². The Morgan fingerprint density at radius 2 is 1.46 bits per heavy atom. The lowest BCUT2D eigenvalue weighted by Gasteiger charge is -2.20. The van der Waals surface area contributed by atoms with Gasteiger partial charge >= 0.3 is 0 Å². The molecule has 0 atom stereocenters. The van der Waals surface area contributed by atoms with Crippen molar-refractivity contribution in [2.24, 2.45) is 5.41 Å². The Hall–Kier alpha value is -0.100. The Labute approximate surface area is 84.0 Å². The Bertz CT molecular complexity index is 126. The number of carbonyl (C=O) groups excluding carboxylic acids is 1. The van der Waals surface area contributed by atoms with Crippen LogP contribution in [0.2, 0.25) is 0 Å². The lowest BCUT2D eigenvalue weighted by atomic mass is 9.95. The Morgan fingerprint density at radius 1 is 1.23 bits per heavy atom. The van der Waals surface area contributed by atoms with Crippen molar-refractivity contribution in [2.45, 2.75) is 20.3 Å². The van der Waals surface area contributed by atoms with Gasteiger partial charge < -0.3 is 15.3 Å². The molecule has 0 saturated carbocycles. The lowest BCUT2D eigenvalue weighted by molar-refractivity contribution is -0.110. The zero-order valence-electron chi connectivity index (χ0n) is 8.03. The van der Waals surface area contributed by atoms with Gasteiger partial charge in [-0.15, -0.1) is 12.6 Å². The minimum Gasteiger partial charge on any atom is -0.396 e. The Morgan fingerprint density at radius 3 is 1.46 bits per heavy atom. The van der Waals surface area contributed by atoms with Crippen LogP contribution in [0.15, 0.2) is 0 Å². The molecule has 0 saturated heterocycles. The molecule has 0 amide bonds. The number of hydrogen-bond acceptors (Lipinski definition) is 4. The first-order valence-electron chi connectivity index (χ1n) is 4.00. The summed E-state index contributed by atoms with van der Waals surface area (Å²) in [7, 11) is 0. The molecule has 0 spiro atoms. The van der Waals surface area contributed by atoms with Crippen molar-refractivity contribution in [1.82, 2.24) is 0 Å². The Balaban J connectivity index is 0. The molecule has 4 nitrogen and oxygen atoms in total. The molecule has 0 aliphatic rings. The van der Waals surface area contributed by atoms with E-state index in [-0.39, 0.29) is 24.9 Å². The summed E-state index contributed by atoms with van der Waals surface area (Å²) >= 11 is 3.46. The topological polar surface area (TPSA) is 77.8 Å². The first kappa shape index (κ1) is 15.4. The van der Waals surface area contributed by atoms with Gasteiger partial charge in [-0.2, -0.15) is 0 Å². The van der Waals surface area contributed by atoms with Crippen molar-refractivity contribution in [3.63, 3.8) is 0 Å². The molecule has 3 N–H and O–H groups in total. The SMILES string of the molecule is CC(CO)(CO)CO.CCC(=O)S. The largest absolute Gasteiger partial charge is 0.396 e. The second-order valence-electron chi connectivity index (χ2n) is 3.03. The van der Waals surface area contributed by atoms with Crippen molar-refractivity contribution in [3.05, 3.63) is 0 Å². The maximum Gasteiger partial charge on any atom is 0.185 e. The third-order valence-corrected chi connectivity index (χ3v) is 1.76. The van der Waals surface area contributed by atoms with Gasteiger partial charge in [-0.05, 0) is 0 Å². The normalized spacial score (nSPS) is 10.3. The van der Waals surface area contributed by atoms with E-state index in [9.17, 15) is 4.79 Å². The van der Waals surface area contributed by atoms with Crippen molar-refractivity contribution in [2.75, 3.05) is 19.8 Å². The highest BCUT2D eigenvalue weighted by Crippen LogP contribution is 2.10. The molecule has 0 aliphatic carbocycles. The van der Waals surface area contributed by atoms with E-state index in [1.807, 2.05) is 0 Å². The number of carbonyl (C=O) groups is 1. The maximum atomic E-state index is 9.68. The average Bonchev–Trinajstić information content (AvgIpc) is 2.17. The third kappa shape index (κ3) is 9.82. The van der Waals surface area contributed by atoms with Crippen LogP contribution in [0.4, 0.5) is 0 Å². The molecule has 0 rings (SSSR count). The highest BCUT2D eigenvalue weighted by Gasteiger charge is 2.20. The van der Waals surface area contributed by atoms with Crippen LogP contribution in [0.25, 0.3) is 0 Å². The molecule has 0 fully saturated rings. The van der Waals surface area contributed by atoms with Gasteiger partial charge in [-0.25, -0.2) is 0 Å². The first-order chi connectivity index (χ1) is 5.95. The van der Waals surface area contributed by atoms with Crippen molar-refractivity contribution >= 4 is 17.7 Å². The van der Waals surface area contributed by atoms with E-state index in [0.717, 1.165) is 0 Å². The average molecular weight is 210 g/mol. The molecule has 0 aromatic carbocycles. The van der Waals surface area contributed by atoms with Crippen LogP contribution in [0.3, 0.4) is 0 Å². The fourth-order valence-corrected chi connectivity index (χ4v) is 0.150. The fraction of sp³-hybridized carbons (Fsp3) is 0.875. The lowest BCUT2D eigenvalue weighted by Crippen LogP contribution is -2.29. The summed E-state index contributed by atoms with van der Waals surface area (Å²) in [5.74, 6) is 0. The van der Waals surface area contributed by atoms with E-state index in [2.05, 4.69) is 12.6 Å². The number of aliphatic hydroxyl groups is 3. The van der Waals surface area contributed by atoms with E-state index in [4.69, 9.17) is 15.3 Å². The van der Waals surface area contributed by atoms with Gasteiger partial charge in [0, 0.05) is 11.8 Å². The highest BCUT2D eigenvalue weighted by molar-refractivity contribution is 7.96. The quantitative estimate of drug-likeness (QED) is 0.486. The minimum absolute atomic E-state index is 0.0509. The monoisotopic (exact) mass is 210 g/mol. The molecule has 0 aromatic rings. The summed E-state index contributed by atoms with van der Waals surface area (Å²) in [6.45, 7) is 2.84. The molecule has 0 aliphatic heterocycles. The van der Waals surface area contributed by atoms with Crippen LogP contribution in [0.1, 0.15) is 20.3 Å². The first-order valence-corrected chi connectivity index (χ1v) is 4.44. The summed E-state index contributed by atoms with van der Waals surface area (Å²) in [4.78, 5) is 9.68. The van der Waals surface area contributed by atoms with E-state index in [1.165, 1.54) is 0 Å². The van der Waals surface area contributed by atoms with E-state index in [0.29, 0.717) is 6.42 Å². The second-order valence-corrected chi connectivity index (χ2v) is 3.53. The molecule has 0 radical (unpaired) electrons. The number of aliphatic hydroxyl groups excluding tert-OH is 3. The molecule has 0 unspecified atom stereocenters.